The van der Waals surface area contributed by atoms with Gasteiger partial charge in [-0.25, -0.2) is 0 Å². The summed E-state index contributed by atoms with van der Waals surface area (Å²) in [7, 11) is 1.54. The number of piperidine rings is 1. The molecular weight excluding hydrogens is 299 g/mol. The second-order valence-corrected chi connectivity index (χ2v) is 5.20. The standard InChI is InChI=1S/C14H19ClN2O2.ClH/c1-19-13-7-11(15)4-5-12(13)14(18)17-9-10-3-2-6-16-8-10;/h4-5,7,10,16H,2-3,6,8-9H2,1H3,(H,17,18);1H. The van der Waals surface area contributed by atoms with E-state index < -0.39 is 0 Å². The van der Waals surface area contributed by atoms with E-state index in [0.29, 0.717) is 28.8 Å². The van der Waals surface area contributed by atoms with Gasteiger partial charge in [0, 0.05) is 11.6 Å². The van der Waals surface area contributed by atoms with Crippen molar-refractivity contribution in [3.8, 4) is 5.75 Å². The molecule has 2 N–H and O–H groups in total. The molecule has 1 atom stereocenters. The summed E-state index contributed by atoms with van der Waals surface area (Å²) in [5.41, 5.74) is 0.524. The Hall–Kier alpha value is -0.970. The number of nitrogens with one attached hydrogen (secondary N) is 2. The average Bonchev–Trinajstić information content (AvgIpc) is 2.45. The minimum Gasteiger partial charge on any atom is -0.496 e. The summed E-state index contributed by atoms with van der Waals surface area (Å²) in [6.07, 6.45) is 2.33. The lowest BCUT2D eigenvalue weighted by atomic mass is 9.99. The monoisotopic (exact) mass is 318 g/mol. The van der Waals surface area contributed by atoms with Crippen LogP contribution in [0.1, 0.15) is 23.2 Å². The van der Waals surface area contributed by atoms with Crippen molar-refractivity contribution in [2.75, 3.05) is 26.7 Å². The third-order valence-corrected chi connectivity index (χ3v) is 3.59. The molecule has 1 aliphatic rings. The maximum absolute atomic E-state index is 12.1. The molecule has 1 aliphatic heterocycles. The lowest BCUT2D eigenvalue weighted by molar-refractivity contribution is 0.0942. The van der Waals surface area contributed by atoms with Gasteiger partial charge >= 0.3 is 0 Å². The maximum Gasteiger partial charge on any atom is 0.255 e. The summed E-state index contributed by atoms with van der Waals surface area (Å²) in [6, 6.07) is 5.04. The Morgan fingerprint density at radius 1 is 1.55 bits per heavy atom. The van der Waals surface area contributed by atoms with Crippen LogP contribution in [0.2, 0.25) is 5.02 Å². The van der Waals surface area contributed by atoms with Crippen molar-refractivity contribution in [2.24, 2.45) is 5.92 Å². The Labute approximate surface area is 130 Å². The highest BCUT2D eigenvalue weighted by atomic mass is 35.5. The molecule has 1 unspecified atom stereocenters. The molecule has 0 bridgehead atoms. The molecule has 1 fully saturated rings. The highest BCUT2D eigenvalue weighted by molar-refractivity contribution is 6.30. The van der Waals surface area contributed by atoms with Crippen molar-refractivity contribution in [3.63, 3.8) is 0 Å². The van der Waals surface area contributed by atoms with Gasteiger partial charge in [0.15, 0.2) is 0 Å². The van der Waals surface area contributed by atoms with Crippen LogP contribution in [0.3, 0.4) is 0 Å². The molecule has 1 aromatic carbocycles. The smallest absolute Gasteiger partial charge is 0.255 e. The Morgan fingerprint density at radius 2 is 2.35 bits per heavy atom. The molecule has 1 aromatic rings. The van der Waals surface area contributed by atoms with Crippen molar-refractivity contribution in [1.82, 2.24) is 10.6 Å². The molecule has 20 heavy (non-hydrogen) atoms. The Kier molecular flexibility index (Phi) is 7.13. The molecule has 1 heterocycles. The fraction of sp³-hybridized carbons (Fsp3) is 0.500. The number of methoxy groups -OCH3 is 1. The van der Waals surface area contributed by atoms with E-state index in [1.807, 2.05) is 0 Å². The van der Waals surface area contributed by atoms with Crippen LogP contribution >= 0.6 is 24.0 Å². The SMILES string of the molecule is COc1cc(Cl)ccc1C(=O)NCC1CCCNC1.Cl. The van der Waals surface area contributed by atoms with Crippen molar-refractivity contribution in [1.29, 1.82) is 0 Å². The lowest BCUT2D eigenvalue weighted by Gasteiger charge is -2.23. The predicted octanol–water partition coefficient (Wildman–Crippen LogP) is 2.50. The summed E-state index contributed by atoms with van der Waals surface area (Å²) in [6.45, 7) is 2.74. The number of hydrogen-bond acceptors (Lipinski definition) is 3. The molecule has 0 radical (unpaired) electrons. The molecule has 0 saturated carbocycles. The van der Waals surface area contributed by atoms with E-state index in [4.69, 9.17) is 16.3 Å². The molecule has 0 aromatic heterocycles. The fourth-order valence-corrected chi connectivity index (χ4v) is 2.45. The van der Waals surface area contributed by atoms with E-state index in [2.05, 4.69) is 10.6 Å². The van der Waals surface area contributed by atoms with Crippen molar-refractivity contribution in [3.05, 3.63) is 28.8 Å². The minimum atomic E-state index is -0.112. The number of amides is 1. The van der Waals surface area contributed by atoms with Gasteiger partial charge in [0.1, 0.15) is 5.75 Å². The van der Waals surface area contributed by atoms with Crippen LogP contribution in [0.5, 0.6) is 5.75 Å². The second kappa shape index (κ2) is 8.35. The van der Waals surface area contributed by atoms with Crippen LogP contribution in [-0.2, 0) is 0 Å². The third-order valence-electron chi connectivity index (χ3n) is 3.36. The van der Waals surface area contributed by atoms with Gasteiger partial charge in [0.2, 0.25) is 0 Å². The zero-order valence-corrected chi connectivity index (χ0v) is 13.0. The maximum atomic E-state index is 12.1. The van der Waals surface area contributed by atoms with E-state index in [-0.39, 0.29) is 18.3 Å². The predicted molar refractivity (Wildman–Crippen MR) is 83.2 cm³/mol. The van der Waals surface area contributed by atoms with E-state index in [9.17, 15) is 4.79 Å². The molecule has 1 amide bonds. The first-order valence-electron chi connectivity index (χ1n) is 6.53. The van der Waals surface area contributed by atoms with Gasteiger partial charge in [-0.1, -0.05) is 11.6 Å². The average molecular weight is 319 g/mol. The summed E-state index contributed by atoms with van der Waals surface area (Å²) < 4.78 is 5.18. The Morgan fingerprint density at radius 3 is 3.00 bits per heavy atom. The molecule has 4 nitrogen and oxygen atoms in total. The van der Waals surface area contributed by atoms with Crippen molar-refractivity contribution in [2.45, 2.75) is 12.8 Å². The molecular formula is C14H20Cl2N2O2. The van der Waals surface area contributed by atoms with Gasteiger partial charge in [-0.15, -0.1) is 12.4 Å². The van der Waals surface area contributed by atoms with Gasteiger partial charge in [-0.2, -0.15) is 0 Å². The van der Waals surface area contributed by atoms with Crippen LogP contribution in [0.25, 0.3) is 0 Å². The molecule has 1 saturated heterocycles. The highest BCUT2D eigenvalue weighted by Gasteiger charge is 2.16. The summed E-state index contributed by atoms with van der Waals surface area (Å²) in [5, 5.41) is 6.86. The molecule has 6 heteroatoms. The van der Waals surface area contributed by atoms with Crippen LogP contribution in [-0.4, -0.2) is 32.7 Å². The fourth-order valence-electron chi connectivity index (χ4n) is 2.28. The number of rotatable bonds is 4. The number of carbonyl (C=O) groups excluding carboxylic acids is 1. The highest BCUT2D eigenvalue weighted by Crippen LogP contribution is 2.23. The molecule has 112 valence electrons. The van der Waals surface area contributed by atoms with Gasteiger partial charge in [-0.05, 0) is 50.0 Å². The van der Waals surface area contributed by atoms with Crippen LogP contribution in [0.4, 0.5) is 0 Å². The number of halogens is 2. The quantitative estimate of drug-likeness (QED) is 0.896. The van der Waals surface area contributed by atoms with Crippen molar-refractivity contribution >= 4 is 29.9 Å². The normalized spacial score (nSPS) is 18.0. The summed E-state index contributed by atoms with van der Waals surface area (Å²) in [5.74, 6) is 0.904. The van der Waals surface area contributed by atoms with E-state index >= 15 is 0 Å². The largest absolute Gasteiger partial charge is 0.496 e. The molecule has 2 rings (SSSR count). The van der Waals surface area contributed by atoms with Gasteiger partial charge in [-0.3, -0.25) is 4.79 Å². The van der Waals surface area contributed by atoms with Crippen LogP contribution < -0.4 is 15.4 Å². The first-order valence-corrected chi connectivity index (χ1v) is 6.91. The first kappa shape index (κ1) is 17.1. The zero-order valence-electron chi connectivity index (χ0n) is 11.4. The topological polar surface area (TPSA) is 50.4 Å². The Balaban J connectivity index is 0.00000200. The Bertz CT molecular complexity index is 449. The first-order chi connectivity index (χ1) is 9.20. The van der Waals surface area contributed by atoms with E-state index in [0.717, 1.165) is 19.5 Å². The van der Waals surface area contributed by atoms with Crippen LogP contribution in [0.15, 0.2) is 18.2 Å². The number of carbonyl (C=O) groups is 1. The van der Waals surface area contributed by atoms with Gasteiger partial charge in [0.25, 0.3) is 5.91 Å². The van der Waals surface area contributed by atoms with Gasteiger partial charge in [0.05, 0.1) is 12.7 Å². The molecule has 0 spiro atoms. The van der Waals surface area contributed by atoms with E-state index in [1.54, 1.807) is 18.2 Å². The minimum absolute atomic E-state index is 0. The molecule has 0 aliphatic carbocycles. The summed E-state index contributed by atoms with van der Waals surface area (Å²) >= 11 is 5.88. The second-order valence-electron chi connectivity index (χ2n) is 4.77. The van der Waals surface area contributed by atoms with Crippen molar-refractivity contribution < 1.29 is 9.53 Å². The summed E-state index contributed by atoms with van der Waals surface area (Å²) in [4.78, 5) is 12.1. The third kappa shape index (κ3) is 4.54. The van der Waals surface area contributed by atoms with E-state index in [1.165, 1.54) is 13.5 Å². The van der Waals surface area contributed by atoms with Gasteiger partial charge < -0.3 is 15.4 Å². The zero-order chi connectivity index (χ0) is 13.7. The van der Waals surface area contributed by atoms with Crippen LogP contribution in [0, 0.1) is 5.92 Å². The lowest BCUT2D eigenvalue weighted by Crippen LogP contribution is -2.38. The number of benzene rings is 1. The number of ether oxygens (including phenoxy) is 1. The number of hydrogen-bond donors (Lipinski definition) is 2.